The number of furan rings is 1. The van der Waals surface area contributed by atoms with Gasteiger partial charge >= 0.3 is 0 Å². The third kappa shape index (κ3) is 4.62. The number of carbonyl (C=O) groups is 1. The van der Waals surface area contributed by atoms with Gasteiger partial charge in [0.1, 0.15) is 5.00 Å². The third-order valence-corrected chi connectivity index (χ3v) is 6.98. The van der Waals surface area contributed by atoms with Crippen molar-refractivity contribution in [3.05, 3.63) is 75.5 Å². The fourth-order valence-electron chi connectivity index (χ4n) is 3.82. The second-order valence-corrected chi connectivity index (χ2v) is 9.15. The van der Waals surface area contributed by atoms with Crippen molar-refractivity contribution in [2.45, 2.75) is 19.4 Å². The second kappa shape index (κ2) is 9.35. The quantitative estimate of drug-likeness (QED) is 0.572. The number of thiophene rings is 1. The highest BCUT2D eigenvalue weighted by molar-refractivity contribution is 7.16. The van der Waals surface area contributed by atoms with Crippen molar-refractivity contribution < 1.29 is 9.21 Å². The van der Waals surface area contributed by atoms with Gasteiger partial charge in [-0.1, -0.05) is 30.7 Å². The number of hydrogen-bond acceptors (Lipinski definition) is 5. The molecule has 4 rings (SSSR count). The largest absolute Gasteiger partial charge is 0.459 e. The van der Waals surface area contributed by atoms with E-state index in [-0.39, 0.29) is 11.9 Å². The van der Waals surface area contributed by atoms with Gasteiger partial charge in [0.15, 0.2) is 5.76 Å². The molecule has 1 unspecified atom stereocenters. The summed E-state index contributed by atoms with van der Waals surface area (Å²) in [5.74, 6) is 0.0917. The molecule has 30 heavy (non-hydrogen) atoms. The monoisotopic (exact) mass is 443 g/mol. The van der Waals surface area contributed by atoms with Crippen LogP contribution in [0.1, 0.15) is 39.5 Å². The summed E-state index contributed by atoms with van der Waals surface area (Å²) in [6, 6.07) is 13.8. The average Bonchev–Trinajstić information content (AvgIpc) is 3.42. The molecular weight excluding hydrogens is 418 g/mol. The van der Waals surface area contributed by atoms with Crippen LogP contribution in [0.5, 0.6) is 0 Å². The molecule has 158 valence electrons. The molecule has 1 saturated heterocycles. The highest BCUT2D eigenvalue weighted by atomic mass is 35.5. The van der Waals surface area contributed by atoms with E-state index < -0.39 is 0 Å². The number of nitrogens with one attached hydrogen (secondary N) is 1. The van der Waals surface area contributed by atoms with Crippen molar-refractivity contribution in [3.8, 4) is 0 Å². The molecule has 1 atom stereocenters. The Morgan fingerprint density at radius 3 is 2.57 bits per heavy atom. The van der Waals surface area contributed by atoms with E-state index in [1.54, 1.807) is 23.5 Å². The van der Waals surface area contributed by atoms with Gasteiger partial charge in [0, 0.05) is 41.6 Å². The summed E-state index contributed by atoms with van der Waals surface area (Å²) in [5.41, 5.74) is 2.31. The molecule has 7 heteroatoms. The number of likely N-dealkylation sites (N-methyl/N-ethyl adjacent to an activating group) is 1. The molecule has 1 fully saturated rings. The van der Waals surface area contributed by atoms with E-state index in [0.29, 0.717) is 5.76 Å². The summed E-state index contributed by atoms with van der Waals surface area (Å²) in [5, 5.41) is 4.71. The van der Waals surface area contributed by atoms with Crippen molar-refractivity contribution in [3.63, 3.8) is 0 Å². The predicted octanol–water partition coefficient (Wildman–Crippen LogP) is 5.15. The zero-order chi connectivity index (χ0) is 21.1. The van der Waals surface area contributed by atoms with Gasteiger partial charge < -0.3 is 14.6 Å². The van der Waals surface area contributed by atoms with Crippen LogP contribution >= 0.6 is 22.9 Å². The van der Waals surface area contributed by atoms with Crippen LogP contribution in [0.15, 0.2) is 53.1 Å². The van der Waals surface area contributed by atoms with Crippen LogP contribution in [0, 0.1) is 0 Å². The molecule has 0 radical (unpaired) electrons. The number of nitrogens with zero attached hydrogens (tertiary/aromatic N) is 2. The second-order valence-electron chi connectivity index (χ2n) is 7.58. The maximum atomic E-state index is 12.7. The Kier molecular flexibility index (Phi) is 6.58. The first-order valence-corrected chi connectivity index (χ1v) is 11.4. The van der Waals surface area contributed by atoms with Crippen molar-refractivity contribution in [2.75, 3.05) is 38.5 Å². The summed E-state index contributed by atoms with van der Waals surface area (Å²) in [4.78, 5) is 18.8. The lowest BCUT2D eigenvalue weighted by Crippen LogP contribution is -2.46. The molecule has 3 heterocycles. The first-order valence-electron chi connectivity index (χ1n) is 10.2. The number of carbonyl (C=O) groups excluding carboxylic acids is 1. The topological polar surface area (TPSA) is 48.7 Å². The predicted molar refractivity (Wildman–Crippen MR) is 123 cm³/mol. The standard InChI is InChI=1S/C23H26ClN3O2S/c1-3-18-15-19(23(30-18)25-22(28)20-5-4-14-29-20)21(16-6-8-17(24)9-7-16)27-12-10-26(2)11-13-27/h4-9,14-15,21H,3,10-13H2,1-2H3,(H,25,28). The molecule has 2 aromatic heterocycles. The molecule has 1 amide bonds. The Labute approximate surface area is 186 Å². The number of hydrogen-bond donors (Lipinski definition) is 1. The molecule has 1 aromatic carbocycles. The van der Waals surface area contributed by atoms with Crippen molar-refractivity contribution in [1.29, 1.82) is 0 Å². The molecule has 0 bridgehead atoms. The molecular formula is C23H26ClN3O2S. The molecule has 5 nitrogen and oxygen atoms in total. The molecule has 0 aliphatic carbocycles. The zero-order valence-corrected chi connectivity index (χ0v) is 18.8. The van der Waals surface area contributed by atoms with Gasteiger partial charge in [0.05, 0.1) is 12.3 Å². The Morgan fingerprint density at radius 1 is 1.20 bits per heavy atom. The highest BCUT2D eigenvalue weighted by Crippen LogP contribution is 2.40. The van der Waals surface area contributed by atoms with Crippen molar-refractivity contribution in [1.82, 2.24) is 9.80 Å². The lowest BCUT2D eigenvalue weighted by molar-refractivity contribution is 0.0996. The fourth-order valence-corrected chi connectivity index (χ4v) is 4.97. The maximum absolute atomic E-state index is 12.7. The number of amides is 1. The Morgan fingerprint density at radius 2 is 1.93 bits per heavy atom. The van der Waals surface area contributed by atoms with E-state index in [0.717, 1.165) is 48.2 Å². The molecule has 1 N–H and O–H groups in total. The number of halogens is 1. The smallest absolute Gasteiger partial charge is 0.291 e. The highest BCUT2D eigenvalue weighted by Gasteiger charge is 2.29. The van der Waals surface area contributed by atoms with Crippen LogP contribution in [-0.4, -0.2) is 48.9 Å². The first kappa shape index (κ1) is 21.1. The van der Waals surface area contributed by atoms with Crippen molar-refractivity contribution in [2.24, 2.45) is 0 Å². The maximum Gasteiger partial charge on any atom is 0.291 e. The van der Waals surface area contributed by atoms with Gasteiger partial charge in [-0.05, 0) is 49.4 Å². The van der Waals surface area contributed by atoms with Gasteiger partial charge in [-0.15, -0.1) is 11.3 Å². The lowest BCUT2D eigenvalue weighted by atomic mass is 9.97. The number of benzene rings is 1. The minimum Gasteiger partial charge on any atom is -0.459 e. The van der Waals surface area contributed by atoms with Crippen LogP contribution in [0.2, 0.25) is 5.02 Å². The van der Waals surface area contributed by atoms with Crippen LogP contribution in [0.25, 0.3) is 0 Å². The van der Waals surface area contributed by atoms with E-state index in [1.165, 1.54) is 16.7 Å². The average molecular weight is 444 g/mol. The van der Waals surface area contributed by atoms with Crippen molar-refractivity contribution >= 4 is 33.8 Å². The normalized spacial score (nSPS) is 16.5. The number of rotatable bonds is 6. The SMILES string of the molecule is CCc1cc(C(c2ccc(Cl)cc2)N2CCN(C)CC2)c(NC(=O)c2ccco2)s1. The van der Waals surface area contributed by atoms with E-state index in [1.807, 2.05) is 12.1 Å². The Balaban J connectivity index is 1.72. The van der Waals surface area contributed by atoms with E-state index >= 15 is 0 Å². The van der Waals surface area contributed by atoms with Gasteiger partial charge in [-0.2, -0.15) is 0 Å². The minimum atomic E-state index is -0.223. The summed E-state index contributed by atoms with van der Waals surface area (Å²) < 4.78 is 5.29. The van der Waals surface area contributed by atoms with Gasteiger partial charge in [0.25, 0.3) is 5.91 Å². The lowest BCUT2D eigenvalue weighted by Gasteiger charge is -2.38. The Hall–Kier alpha value is -2.12. The van der Waals surface area contributed by atoms with Crippen LogP contribution < -0.4 is 5.32 Å². The fraction of sp³-hybridized carbons (Fsp3) is 0.348. The molecule has 3 aromatic rings. The van der Waals surface area contributed by atoms with Crippen LogP contribution in [0.3, 0.4) is 0 Å². The van der Waals surface area contributed by atoms with Crippen LogP contribution in [-0.2, 0) is 6.42 Å². The number of anilines is 1. The summed E-state index contributed by atoms with van der Waals surface area (Å²) in [6.07, 6.45) is 2.44. The third-order valence-electron chi connectivity index (χ3n) is 5.52. The van der Waals surface area contributed by atoms with E-state index in [2.05, 4.69) is 47.3 Å². The van der Waals surface area contributed by atoms with Gasteiger partial charge in [-0.3, -0.25) is 9.69 Å². The molecule has 1 aliphatic rings. The van der Waals surface area contributed by atoms with E-state index in [9.17, 15) is 4.79 Å². The van der Waals surface area contributed by atoms with Crippen LogP contribution in [0.4, 0.5) is 5.00 Å². The summed E-state index contributed by atoms with van der Waals surface area (Å²) >= 11 is 7.80. The zero-order valence-electron chi connectivity index (χ0n) is 17.2. The van der Waals surface area contributed by atoms with Gasteiger partial charge in [0.2, 0.25) is 0 Å². The first-order chi connectivity index (χ1) is 14.5. The molecule has 1 aliphatic heterocycles. The van der Waals surface area contributed by atoms with E-state index in [4.69, 9.17) is 16.0 Å². The van der Waals surface area contributed by atoms with Gasteiger partial charge in [-0.25, -0.2) is 0 Å². The minimum absolute atomic E-state index is 0.0550. The molecule has 0 saturated carbocycles. The Bertz CT molecular complexity index is 977. The summed E-state index contributed by atoms with van der Waals surface area (Å²) in [6.45, 7) is 6.10. The number of aryl methyl sites for hydroxylation is 1. The molecule has 0 spiro atoms. The number of piperazine rings is 1. The summed E-state index contributed by atoms with van der Waals surface area (Å²) in [7, 11) is 2.16.